The highest BCUT2D eigenvalue weighted by Crippen LogP contribution is 2.36. The predicted molar refractivity (Wildman–Crippen MR) is 70.5 cm³/mol. The molecule has 0 aromatic heterocycles. The number of nitrogens with zero attached hydrogens (tertiary/aromatic N) is 1. The maximum absolute atomic E-state index is 12.0. The Morgan fingerprint density at radius 1 is 1.26 bits per heavy atom. The summed E-state index contributed by atoms with van der Waals surface area (Å²) in [6, 6.07) is 5.86. The zero-order chi connectivity index (χ0) is 13.8. The van der Waals surface area contributed by atoms with Gasteiger partial charge in [-0.25, -0.2) is 12.7 Å². The van der Waals surface area contributed by atoms with Gasteiger partial charge in [-0.05, 0) is 30.5 Å². The van der Waals surface area contributed by atoms with Gasteiger partial charge >= 0.3 is 0 Å². The second-order valence-corrected chi connectivity index (χ2v) is 7.95. The van der Waals surface area contributed by atoms with Crippen LogP contribution in [-0.4, -0.2) is 23.4 Å². The van der Waals surface area contributed by atoms with Crippen molar-refractivity contribution < 1.29 is 13.2 Å². The molecular weight excluding hydrogens is 264 g/mol. The second kappa shape index (κ2) is 3.80. The standard InChI is InChI=1S/C13H16N2O3S/c1-13(2)12(16)15(19(13,17)18)8-9-3-4-10-6-14-7-11(10)5-9/h3-5,14H,6-8H2,1-2H3. The van der Waals surface area contributed by atoms with Crippen molar-refractivity contribution in [3.8, 4) is 0 Å². The number of hydrogen-bond acceptors (Lipinski definition) is 4. The zero-order valence-electron chi connectivity index (χ0n) is 10.9. The minimum atomic E-state index is -3.49. The van der Waals surface area contributed by atoms with Gasteiger partial charge in [0.1, 0.15) is 0 Å². The van der Waals surface area contributed by atoms with Crippen LogP contribution >= 0.6 is 0 Å². The molecule has 1 fully saturated rings. The van der Waals surface area contributed by atoms with Crippen molar-refractivity contribution in [2.24, 2.45) is 0 Å². The van der Waals surface area contributed by atoms with E-state index in [4.69, 9.17) is 0 Å². The lowest BCUT2D eigenvalue weighted by Crippen LogP contribution is -2.66. The monoisotopic (exact) mass is 280 g/mol. The smallest absolute Gasteiger partial charge is 0.259 e. The molecule has 0 aliphatic carbocycles. The molecular formula is C13H16N2O3S. The van der Waals surface area contributed by atoms with Gasteiger partial charge in [0.15, 0.2) is 4.75 Å². The number of hydrogen-bond donors (Lipinski definition) is 1. The van der Waals surface area contributed by atoms with Gasteiger partial charge < -0.3 is 5.32 Å². The summed E-state index contributed by atoms with van der Waals surface area (Å²) >= 11 is 0. The molecule has 0 spiro atoms. The quantitative estimate of drug-likeness (QED) is 0.867. The molecule has 0 bridgehead atoms. The molecule has 0 saturated carbocycles. The Morgan fingerprint density at radius 2 is 1.95 bits per heavy atom. The van der Waals surface area contributed by atoms with E-state index in [1.807, 2.05) is 18.2 Å². The molecule has 5 nitrogen and oxygen atoms in total. The molecule has 6 heteroatoms. The van der Waals surface area contributed by atoms with E-state index in [9.17, 15) is 13.2 Å². The van der Waals surface area contributed by atoms with Gasteiger partial charge in [0.2, 0.25) is 0 Å². The summed E-state index contributed by atoms with van der Waals surface area (Å²) < 4.78 is 23.7. The molecule has 0 radical (unpaired) electrons. The Morgan fingerprint density at radius 3 is 2.63 bits per heavy atom. The van der Waals surface area contributed by atoms with Gasteiger partial charge in [0, 0.05) is 13.1 Å². The van der Waals surface area contributed by atoms with E-state index in [1.54, 1.807) is 0 Å². The lowest BCUT2D eigenvalue weighted by molar-refractivity contribution is -0.132. The first-order chi connectivity index (χ1) is 8.84. The molecule has 1 aromatic rings. The summed E-state index contributed by atoms with van der Waals surface area (Å²) in [6.07, 6.45) is 0. The first-order valence-corrected chi connectivity index (χ1v) is 7.66. The van der Waals surface area contributed by atoms with E-state index in [0.29, 0.717) is 0 Å². The summed E-state index contributed by atoms with van der Waals surface area (Å²) in [7, 11) is -3.49. The summed E-state index contributed by atoms with van der Waals surface area (Å²) in [4.78, 5) is 11.9. The van der Waals surface area contributed by atoms with Crippen LogP contribution in [0.4, 0.5) is 0 Å². The Hall–Kier alpha value is -1.40. The molecule has 2 aliphatic heterocycles. The van der Waals surface area contributed by atoms with E-state index >= 15 is 0 Å². The Labute approximate surface area is 112 Å². The largest absolute Gasteiger partial charge is 0.309 e. The second-order valence-electron chi connectivity index (χ2n) is 5.53. The number of fused-ring (bicyclic) bond motifs is 1. The van der Waals surface area contributed by atoms with Crippen molar-refractivity contribution in [3.05, 3.63) is 34.9 Å². The highest BCUT2D eigenvalue weighted by molar-refractivity contribution is 7.94. The van der Waals surface area contributed by atoms with Gasteiger partial charge in [-0.1, -0.05) is 18.2 Å². The van der Waals surface area contributed by atoms with Gasteiger partial charge in [0.25, 0.3) is 15.9 Å². The number of benzene rings is 1. The van der Waals surface area contributed by atoms with E-state index in [1.165, 1.54) is 25.0 Å². The normalized spacial score (nSPS) is 23.1. The third-order valence-corrected chi connectivity index (χ3v) is 6.24. The van der Waals surface area contributed by atoms with Crippen LogP contribution < -0.4 is 5.32 Å². The topological polar surface area (TPSA) is 66.5 Å². The van der Waals surface area contributed by atoms with Crippen molar-refractivity contribution in [1.82, 2.24) is 9.62 Å². The zero-order valence-corrected chi connectivity index (χ0v) is 11.8. The summed E-state index contributed by atoms with van der Waals surface area (Å²) in [6.45, 7) is 4.69. The molecule has 0 atom stereocenters. The van der Waals surface area contributed by atoms with Gasteiger partial charge in [-0.3, -0.25) is 4.79 Å². The SMILES string of the molecule is CC1(C)C(=O)N(Cc2ccc3c(c2)CNC3)S1(=O)=O. The van der Waals surface area contributed by atoms with Crippen LogP contribution in [0.1, 0.15) is 30.5 Å². The highest BCUT2D eigenvalue weighted by atomic mass is 32.2. The molecule has 3 rings (SSSR count). The van der Waals surface area contributed by atoms with Crippen LogP contribution in [0.5, 0.6) is 0 Å². The lowest BCUT2D eigenvalue weighted by atomic mass is 10.1. The molecule has 102 valence electrons. The molecule has 1 amide bonds. The molecule has 1 aromatic carbocycles. The number of sulfonamides is 1. The van der Waals surface area contributed by atoms with E-state index in [2.05, 4.69) is 5.32 Å². The molecule has 2 heterocycles. The van der Waals surface area contributed by atoms with Gasteiger partial charge in [-0.2, -0.15) is 0 Å². The third kappa shape index (κ3) is 1.63. The minimum absolute atomic E-state index is 0.137. The summed E-state index contributed by atoms with van der Waals surface area (Å²) in [5.41, 5.74) is 3.28. The van der Waals surface area contributed by atoms with E-state index in [0.717, 1.165) is 23.0 Å². The Balaban J connectivity index is 1.86. The molecule has 1 N–H and O–H groups in total. The molecule has 2 aliphatic rings. The van der Waals surface area contributed by atoms with Crippen LogP contribution in [0.3, 0.4) is 0 Å². The van der Waals surface area contributed by atoms with Crippen molar-refractivity contribution in [1.29, 1.82) is 0 Å². The van der Waals surface area contributed by atoms with Crippen LogP contribution in [0, 0.1) is 0 Å². The van der Waals surface area contributed by atoms with Crippen LogP contribution in [0.25, 0.3) is 0 Å². The van der Waals surface area contributed by atoms with Crippen molar-refractivity contribution in [2.75, 3.05) is 0 Å². The molecule has 19 heavy (non-hydrogen) atoms. The number of carbonyl (C=O) groups is 1. The predicted octanol–water partition coefficient (Wildman–Crippen LogP) is 0.740. The van der Waals surface area contributed by atoms with Crippen molar-refractivity contribution in [3.63, 3.8) is 0 Å². The van der Waals surface area contributed by atoms with Gasteiger partial charge in [0.05, 0.1) is 6.54 Å². The van der Waals surface area contributed by atoms with Crippen molar-refractivity contribution in [2.45, 2.75) is 38.2 Å². The minimum Gasteiger partial charge on any atom is -0.309 e. The molecule has 1 saturated heterocycles. The summed E-state index contributed by atoms with van der Waals surface area (Å²) in [5, 5.41) is 3.24. The highest BCUT2D eigenvalue weighted by Gasteiger charge is 2.59. The number of nitrogens with one attached hydrogen (secondary N) is 1. The fourth-order valence-corrected chi connectivity index (χ4v) is 4.04. The first-order valence-electron chi connectivity index (χ1n) is 6.22. The fraction of sp³-hybridized carbons (Fsp3) is 0.462. The lowest BCUT2D eigenvalue weighted by Gasteiger charge is -2.43. The van der Waals surface area contributed by atoms with Gasteiger partial charge in [-0.15, -0.1) is 0 Å². The molecule has 0 unspecified atom stereocenters. The third-order valence-electron chi connectivity index (χ3n) is 3.90. The van der Waals surface area contributed by atoms with Crippen LogP contribution in [-0.2, 0) is 34.5 Å². The number of amides is 1. The fourth-order valence-electron chi connectivity index (χ4n) is 2.53. The average molecular weight is 280 g/mol. The Bertz CT molecular complexity index is 664. The first kappa shape index (κ1) is 12.6. The maximum Gasteiger partial charge on any atom is 0.259 e. The van der Waals surface area contributed by atoms with Crippen molar-refractivity contribution >= 4 is 15.9 Å². The maximum atomic E-state index is 12.0. The number of carbonyl (C=O) groups excluding carboxylic acids is 1. The summed E-state index contributed by atoms with van der Waals surface area (Å²) in [5.74, 6) is -0.328. The number of rotatable bonds is 2. The Kier molecular flexibility index (Phi) is 2.53. The van der Waals surface area contributed by atoms with Crippen LogP contribution in [0.15, 0.2) is 18.2 Å². The van der Waals surface area contributed by atoms with E-state index in [-0.39, 0.29) is 12.5 Å². The van der Waals surface area contributed by atoms with Crippen LogP contribution in [0.2, 0.25) is 0 Å². The van der Waals surface area contributed by atoms with E-state index < -0.39 is 14.8 Å². The average Bonchev–Trinajstić information content (AvgIpc) is 2.82.